The van der Waals surface area contributed by atoms with Crippen LogP contribution in [0.4, 0.5) is 11.4 Å². The van der Waals surface area contributed by atoms with Gasteiger partial charge in [0.1, 0.15) is 19.0 Å². The minimum absolute atomic E-state index is 0.0171. The number of carbonyl (C=O) groups excluding carboxylic acids is 1. The van der Waals surface area contributed by atoms with Gasteiger partial charge >= 0.3 is 0 Å². The Labute approximate surface area is 121 Å². The van der Waals surface area contributed by atoms with E-state index in [1.807, 2.05) is 0 Å². The number of nitrogens with two attached hydrogens (primary N) is 1. The monoisotopic (exact) mass is 286 g/mol. The van der Waals surface area contributed by atoms with Crippen molar-refractivity contribution in [2.45, 2.75) is 0 Å². The van der Waals surface area contributed by atoms with E-state index in [1.165, 1.54) is 18.2 Å². The first-order valence-electron chi connectivity index (χ1n) is 6.43. The van der Waals surface area contributed by atoms with Crippen LogP contribution in [-0.4, -0.2) is 24.2 Å². The van der Waals surface area contributed by atoms with Crippen molar-refractivity contribution in [3.05, 3.63) is 42.0 Å². The van der Waals surface area contributed by atoms with E-state index >= 15 is 0 Å². The van der Waals surface area contributed by atoms with Crippen molar-refractivity contribution in [1.29, 1.82) is 0 Å². The molecule has 6 heteroatoms. The van der Waals surface area contributed by atoms with Crippen molar-refractivity contribution in [3.63, 3.8) is 0 Å². The Morgan fingerprint density at radius 3 is 2.67 bits per heavy atom. The molecule has 3 rings (SSSR count). The van der Waals surface area contributed by atoms with Crippen molar-refractivity contribution >= 4 is 17.3 Å². The van der Waals surface area contributed by atoms with Gasteiger partial charge in [-0.3, -0.25) is 4.79 Å². The smallest absolute Gasteiger partial charge is 0.257 e. The highest BCUT2D eigenvalue weighted by molar-refractivity contribution is 6.08. The summed E-state index contributed by atoms with van der Waals surface area (Å²) in [5.41, 5.74) is 6.81. The number of nitrogen functional groups attached to an aromatic ring is 1. The molecule has 21 heavy (non-hydrogen) atoms. The number of phenols is 1. The Morgan fingerprint density at radius 2 is 1.86 bits per heavy atom. The zero-order valence-electron chi connectivity index (χ0n) is 11.1. The van der Waals surface area contributed by atoms with Crippen molar-refractivity contribution in [2.75, 3.05) is 24.3 Å². The number of nitrogens with one attached hydrogen (secondary N) is 1. The average Bonchev–Trinajstić information content (AvgIpc) is 2.49. The quantitative estimate of drug-likeness (QED) is 0.580. The van der Waals surface area contributed by atoms with E-state index in [2.05, 4.69) is 5.32 Å². The fourth-order valence-electron chi connectivity index (χ4n) is 2.06. The van der Waals surface area contributed by atoms with Gasteiger partial charge in [-0.2, -0.15) is 0 Å². The first-order chi connectivity index (χ1) is 10.1. The second-order valence-corrected chi connectivity index (χ2v) is 4.58. The Morgan fingerprint density at radius 1 is 1.10 bits per heavy atom. The van der Waals surface area contributed by atoms with E-state index in [0.29, 0.717) is 36.1 Å². The highest BCUT2D eigenvalue weighted by atomic mass is 16.6. The molecule has 0 saturated heterocycles. The highest BCUT2D eigenvalue weighted by Gasteiger charge is 2.15. The van der Waals surface area contributed by atoms with E-state index in [9.17, 15) is 9.90 Å². The summed E-state index contributed by atoms with van der Waals surface area (Å²) in [6.07, 6.45) is 0. The number of anilines is 2. The zero-order valence-corrected chi connectivity index (χ0v) is 11.1. The molecule has 1 heterocycles. The molecule has 0 saturated carbocycles. The lowest BCUT2D eigenvalue weighted by Crippen LogP contribution is -2.17. The molecule has 0 aromatic heterocycles. The predicted molar refractivity (Wildman–Crippen MR) is 77.9 cm³/mol. The van der Waals surface area contributed by atoms with Gasteiger partial charge in [-0.25, -0.2) is 0 Å². The van der Waals surface area contributed by atoms with E-state index in [0.717, 1.165) is 0 Å². The summed E-state index contributed by atoms with van der Waals surface area (Å²) in [6.45, 7) is 0.989. The average molecular weight is 286 g/mol. The number of aromatic hydroxyl groups is 1. The predicted octanol–water partition coefficient (Wildman–Crippen LogP) is 2.00. The van der Waals surface area contributed by atoms with Crippen molar-refractivity contribution in [1.82, 2.24) is 0 Å². The molecule has 2 aromatic carbocycles. The summed E-state index contributed by atoms with van der Waals surface area (Å²) in [7, 11) is 0. The molecule has 108 valence electrons. The van der Waals surface area contributed by atoms with Crippen molar-refractivity contribution in [3.8, 4) is 17.2 Å². The van der Waals surface area contributed by atoms with Crippen LogP contribution in [0.25, 0.3) is 0 Å². The molecule has 1 aliphatic heterocycles. The van der Waals surface area contributed by atoms with Crippen LogP contribution in [-0.2, 0) is 0 Å². The molecular weight excluding hydrogens is 272 g/mol. The lowest BCUT2D eigenvalue weighted by atomic mass is 10.1. The number of carbonyl (C=O) groups is 1. The van der Waals surface area contributed by atoms with E-state index in [-0.39, 0.29) is 11.3 Å². The number of amides is 1. The second kappa shape index (κ2) is 5.24. The molecular formula is C15H14N2O4. The summed E-state index contributed by atoms with van der Waals surface area (Å²) in [5, 5.41) is 12.1. The summed E-state index contributed by atoms with van der Waals surface area (Å²) in [5.74, 6) is 0.815. The van der Waals surface area contributed by atoms with Crippen LogP contribution in [0.5, 0.6) is 17.2 Å². The molecule has 0 spiro atoms. The number of benzene rings is 2. The molecule has 0 atom stereocenters. The highest BCUT2D eigenvalue weighted by Crippen LogP contribution is 2.32. The standard InChI is InChI=1S/C15H14N2O4/c16-12-3-2-10(18)8-11(12)15(19)17-9-1-4-13-14(7-9)21-6-5-20-13/h1-4,7-8,18H,5-6,16H2,(H,17,19). The van der Waals surface area contributed by atoms with Crippen LogP contribution in [0.3, 0.4) is 0 Å². The maximum absolute atomic E-state index is 12.2. The number of rotatable bonds is 2. The molecule has 2 aromatic rings. The van der Waals surface area contributed by atoms with Gasteiger partial charge in [-0.15, -0.1) is 0 Å². The summed E-state index contributed by atoms with van der Waals surface area (Å²) >= 11 is 0. The van der Waals surface area contributed by atoms with Gasteiger partial charge in [0.25, 0.3) is 5.91 Å². The van der Waals surface area contributed by atoms with Crippen molar-refractivity contribution < 1.29 is 19.4 Å². The van der Waals surface area contributed by atoms with Gasteiger partial charge in [0, 0.05) is 17.4 Å². The lowest BCUT2D eigenvalue weighted by molar-refractivity contribution is 0.102. The molecule has 0 fully saturated rings. The fraction of sp³-hybridized carbons (Fsp3) is 0.133. The molecule has 6 nitrogen and oxygen atoms in total. The third-order valence-electron chi connectivity index (χ3n) is 3.08. The zero-order chi connectivity index (χ0) is 14.8. The van der Waals surface area contributed by atoms with E-state index in [4.69, 9.17) is 15.2 Å². The molecule has 1 aliphatic rings. The van der Waals surface area contributed by atoms with Gasteiger partial charge < -0.3 is 25.6 Å². The van der Waals surface area contributed by atoms with Gasteiger partial charge in [-0.05, 0) is 30.3 Å². The molecule has 4 N–H and O–H groups in total. The summed E-state index contributed by atoms with van der Waals surface area (Å²) in [6, 6.07) is 9.36. The number of fused-ring (bicyclic) bond motifs is 1. The van der Waals surface area contributed by atoms with Gasteiger partial charge in [0.05, 0.1) is 5.56 Å². The maximum Gasteiger partial charge on any atom is 0.257 e. The third-order valence-corrected chi connectivity index (χ3v) is 3.08. The van der Waals surface area contributed by atoms with Crippen LogP contribution in [0.15, 0.2) is 36.4 Å². The third kappa shape index (κ3) is 2.69. The Balaban J connectivity index is 1.83. The first-order valence-corrected chi connectivity index (χ1v) is 6.43. The molecule has 0 radical (unpaired) electrons. The molecule has 0 bridgehead atoms. The Kier molecular flexibility index (Phi) is 3.27. The summed E-state index contributed by atoms with van der Waals surface area (Å²) in [4.78, 5) is 12.2. The van der Waals surface area contributed by atoms with Crippen LogP contribution in [0, 0.1) is 0 Å². The largest absolute Gasteiger partial charge is 0.508 e. The lowest BCUT2D eigenvalue weighted by Gasteiger charge is -2.19. The number of hydrogen-bond donors (Lipinski definition) is 3. The summed E-state index contributed by atoms with van der Waals surface area (Å²) < 4.78 is 10.9. The van der Waals surface area contributed by atoms with E-state index in [1.54, 1.807) is 18.2 Å². The topological polar surface area (TPSA) is 93.8 Å². The minimum Gasteiger partial charge on any atom is -0.508 e. The molecule has 0 unspecified atom stereocenters. The molecule has 1 amide bonds. The van der Waals surface area contributed by atoms with E-state index < -0.39 is 5.91 Å². The number of ether oxygens (including phenoxy) is 2. The van der Waals surface area contributed by atoms with Crippen LogP contribution >= 0.6 is 0 Å². The normalized spacial score (nSPS) is 12.8. The van der Waals surface area contributed by atoms with Crippen LogP contribution in [0.2, 0.25) is 0 Å². The molecule has 0 aliphatic carbocycles. The Hall–Kier alpha value is -2.89. The number of hydrogen-bond acceptors (Lipinski definition) is 5. The van der Waals surface area contributed by atoms with Crippen LogP contribution < -0.4 is 20.5 Å². The fourth-order valence-corrected chi connectivity index (χ4v) is 2.06. The van der Waals surface area contributed by atoms with Gasteiger partial charge in [0.15, 0.2) is 11.5 Å². The minimum atomic E-state index is -0.403. The van der Waals surface area contributed by atoms with Gasteiger partial charge in [-0.1, -0.05) is 0 Å². The SMILES string of the molecule is Nc1ccc(O)cc1C(=O)Nc1ccc2c(c1)OCCO2. The first kappa shape index (κ1) is 13.1. The van der Waals surface area contributed by atoms with Crippen LogP contribution in [0.1, 0.15) is 10.4 Å². The van der Waals surface area contributed by atoms with Crippen molar-refractivity contribution in [2.24, 2.45) is 0 Å². The van der Waals surface area contributed by atoms with Gasteiger partial charge in [0.2, 0.25) is 0 Å². The number of phenolic OH excluding ortho intramolecular Hbond substituents is 1. The Bertz CT molecular complexity index is 700. The second-order valence-electron chi connectivity index (χ2n) is 4.58. The maximum atomic E-state index is 12.2.